The summed E-state index contributed by atoms with van der Waals surface area (Å²) in [5, 5.41) is 9.82. The van der Waals surface area contributed by atoms with Gasteiger partial charge in [0.05, 0.1) is 18.5 Å². The van der Waals surface area contributed by atoms with Gasteiger partial charge in [0.2, 0.25) is 0 Å². The molecule has 4 rings (SSSR count). The summed E-state index contributed by atoms with van der Waals surface area (Å²) < 4.78 is 7.69. The van der Waals surface area contributed by atoms with Crippen LogP contribution in [0.2, 0.25) is 0 Å². The summed E-state index contributed by atoms with van der Waals surface area (Å²) in [7, 11) is 0. The van der Waals surface area contributed by atoms with Crippen molar-refractivity contribution in [2.45, 2.75) is 43.6 Å². The number of nitrogens with zero attached hydrogens (tertiary/aromatic N) is 4. The molecule has 4 aromatic rings. The van der Waals surface area contributed by atoms with E-state index in [4.69, 9.17) is 4.42 Å². The van der Waals surface area contributed by atoms with Gasteiger partial charge in [0.1, 0.15) is 5.76 Å². The van der Waals surface area contributed by atoms with E-state index in [-0.39, 0.29) is 5.41 Å². The largest absolute Gasteiger partial charge is 0.467 e. The highest BCUT2D eigenvalue weighted by molar-refractivity contribution is 7.98. The molecule has 0 unspecified atom stereocenters. The summed E-state index contributed by atoms with van der Waals surface area (Å²) in [4.78, 5) is 4.40. The van der Waals surface area contributed by atoms with Crippen molar-refractivity contribution in [3.8, 4) is 11.4 Å². The van der Waals surface area contributed by atoms with Crippen molar-refractivity contribution in [1.29, 1.82) is 0 Å². The van der Waals surface area contributed by atoms with Gasteiger partial charge in [0.25, 0.3) is 0 Å². The molecule has 29 heavy (non-hydrogen) atoms. The van der Waals surface area contributed by atoms with Crippen LogP contribution >= 0.6 is 11.8 Å². The fourth-order valence-corrected chi connectivity index (χ4v) is 3.90. The molecule has 0 fully saturated rings. The highest BCUT2D eigenvalue weighted by Crippen LogP contribution is 2.29. The van der Waals surface area contributed by atoms with Gasteiger partial charge in [0.15, 0.2) is 11.0 Å². The van der Waals surface area contributed by atoms with Crippen LogP contribution in [0.4, 0.5) is 0 Å². The molecule has 1 aromatic carbocycles. The third-order valence-corrected chi connectivity index (χ3v) is 5.70. The molecule has 0 aliphatic carbocycles. The molecule has 0 saturated heterocycles. The SMILES string of the molecule is CC(C)(C)c1ccc(-c2nnc(SCc3ccccn3)n2Cc2ccco2)cc1. The first-order valence-electron chi connectivity index (χ1n) is 9.60. The first kappa shape index (κ1) is 19.5. The molecule has 0 amide bonds. The molecule has 3 heterocycles. The average molecular weight is 405 g/mol. The van der Waals surface area contributed by atoms with Crippen molar-refractivity contribution >= 4 is 11.8 Å². The fraction of sp³-hybridized carbons (Fsp3) is 0.261. The fourth-order valence-electron chi connectivity index (χ4n) is 3.05. The highest BCUT2D eigenvalue weighted by Gasteiger charge is 2.18. The van der Waals surface area contributed by atoms with Crippen molar-refractivity contribution in [3.63, 3.8) is 0 Å². The maximum absolute atomic E-state index is 5.58. The second kappa shape index (κ2) is 8.25. The summed E-state index contributed by atoms with van der Waals surface area (Å²) in [6, 6.07) is 18.4. The lowest BCUT2D eigenvalue weighted by Crippen LogP contribution is -2.10. The number of pyridine rings is 1. The zero-order chi connectivity index (χ0) is 20.3. The van der Waals surface area contributed by atoms with E-state index in [0.717, 1.165) is 33.8 Å². The summed E-state index contributed by atoms with van der Waals surface area (Å²) in [6.45, 7) is 7.23. The van der Waals surface area contributed by atoms with Crippen molar-refractivity contribution in [2.24, 2.45) is 0 Å². The predicted molar refractivity (Wildman–Crippen MR) is 116 cm³/mol. The Hall–Kier alpha value is -2.86. The van der Waals surface area contributed by atoms with E-state index in [1.807, 2.05) is 36.5 Å². The van der Waals surface area contributed by atoms with Gasteiger partial charge in [0, 0.05) is 17.5 Å². The summed E-state index contributed by atoms with van der Waals surface area (Å²) in [5.41, 5.74) is 3.47. The number of benzene rings is 1. The Morgan fingerprint density at radius 1 is 0.966 bits per heavy atom. The van der Waals surface area contributed by atoms with Crippen LogP contribution in [0.3, 0.4) is 0 Å². The molecule has 0 atom stereocenters. The van der Waals surface area contributed by atoms with Crippen LogP contribution in [-0.4, -0.2) is 19.7 Å². The Morgan fingerprint density at radius 2 is 1.79 bits per heavy atom. The van der Waals surface area contributed by atoms with Crippen LogP contribution in [0.25, 0.3) is 11.4 Å². The van der Waals surface area contributed by atoms with E-state index >= 15 is 0 Å². The first-order valence-corrected chi connectivity index (χ1v) is 10.6. The predicted octanol–water partition coefficient (Wildman–Crippen LogP) is 5.57. The molecule has 0 aliphatic heterocycles. The van der Waals surface area contributed by atoms with Gasteiger partial charge in [-0.05, 0) is 35.2 Å². The number of furan rings is 1. The minimum absolute atomic E-state index is 0.115. The third kappa shape index (κ3) is 4.59. The number of hydrogen-bond acceptors (Lipinski definition) is 5. The van der Waals surface area contributed by atoms with E-state index in [9.17, 15) is 0 Å². The average Bonchev–Trinajstić information content (AvgIpc) is 3.37. The second-order valence-corrected chi connectivity index (χ2v) is 8.85. The molecule has 0 aliphatic rings. The zero-order valence-electron chi connectivity index (χ0n) is 16.9. The Bertz CT molecular complexity index is 1050. The second-order valence-electron chi connectivity index (χ2n) is 7.91. The normalized spacial score (nSPS) is 11.7. The van der Waals surface area contributed by atoms with E-state index < -0.39 is 0 Å². The third-order valence-electron chi connectivity index (χ3n) is 4.70. The van der Waals surface area contributed by atoms with Crippen molar-refractivity contribution < 1.29 is 4.42 Å². The molecular formula is C23H24N4OS. The first-order chi connectivity index (χ1) is 14.0. The molecule has 3 aromatic heterocycles. The van der Waals surface area contributed by atoms with E-state index in [1.165, 1.54) is 5.56 Å². The lowest BCUT2D eigenvalue weighted by molar-refractivity contribution is 0.485. The maximum atomic E-state index is 5.58. The Labute approximate surface area is 175 Å². The molecule has 148 valence electrons. The Kier molecular flexibility index (Phi) is 5.53. The topological polar surface area (TPSA) is 56.7 Å². The van der Waals surface area contributed by atoms with E-state index in [2.05, 4.69) is 64.8 Å². The summed E-state index contributed by atoms with van der Waals surface area (Å²) >= 11 is 1.63. The van der Waals surface area contributed by atoms with Gasteiger partial charge in [-0.2, -0.15) is 0 Å². The van der Waals surface area contributed by atoms with Crippen molar-refractivity contribution in [3.05, 3.63) is 84.1 Å². The lowest BCUT2D eigenvalue weighted by Gasteiger charge is -2.19. The highest BCUT2D eigenvalue weighted by atomic mass is 32.2. The van der Waals surface area contributed by atoms with Gasteiger partial charge in [-0.25, -0.2) is 0 Å². The smallest absolute Gasteiger partial charge is 0.192 e. The standard InChI is InChI=1S/C23H24N4OS/c1-23(2,3)18-11-9-17(10-12-18)21-25-26-22(27(21)15-20-8-6-14-28-20)29-16-19-7-4-5-13-24-19/h4-14H,15-16H2,1-3H3. The van der Waals surface area contributed by atoms with Crippen LogP contribution in [-0.2, 0) is 17.7 Å². The monoisotopic (exact) mass is 404 g/mol. The number of aromatic nitrogens is 4. The van der Waals surface area contributed by atoms with Crippen LogP contribution in [0.15, 0.2) is 76.6 Å². The van der Waals surface area contributed by atoms with E-state index in [0.29, 0.717) is 6.54 Å². The van der Waals surface area contributed by atoms with Gasteiger partial charge in [-0.15, -0.1) is 10.2 Å². The van der Waals surface area contributed by atoms with E-state index in [1.54, 1.807) is 18.0 Å². The Balaban J connectivity index is 1.65. The molecule has 5 nitrogen and oxygen atoms in total. The molecule has 0 radical (unpaired) electrons. The molecular weight excluding hydrogens is 380 g/mol. The number of hydrogen-bond donors (Lipinski definition) is 0. The van der Waals surface area contributed by atoms with Crippen LogP contribution in [0.5, 0.6) is 0 Å². The molecule has 0 bridgehead atoms. The molecule has 0 spiro atoms. The number of rotatable bonds is 6. The van der Waals surface area contributed by atoms with Gasteiger partial charge >= 0.3 is 0 Å². The lowest BCUT2D eigenvalue weighted by atomic mass is 9.87. The summed E-state index contributed by atoms with van der Waals surface area (Å²) in [5.74, 6) is 2.45. The van der Waals surface area contributed by atoms with Crippen LogP contribution in [0, 0.1) is 0 Å². The maximum Gasteiger partial charge on any atom is 0.192 e. The zero-order valence-corrected chi connectivity index (χ0v) is 17.7. The molecule has 6 heteroatoms. The quantitative estimate of drug-likeness (QED) is 0.393. The minimum atomic E-state index is 0.115. The van der Waals surface area contributed by atoms with Crippen molar-refractivity contribution in [2.75, 3.05) is 0 Å². The minimum Gasteiger partial charge on any atom is -0.467 e. The van der Waals surface area contributed by atoms with Gasteiger partial charge < -0.3 is 4.42 Å². The van der Waals surface area contributed by atoms with Gasteiger partial charge in [-0.1, -0.05) is 62.9 Å². The van der Waals surface area contributed by atoms with Crippen LogP contribution in [0.1, 0.15) is 37.8 Å². The Morgan fingerprint density at radius 3 is 2.45 bits per heavy atom. The molecule has 0 N–H and O–H groups in total. The molecule has 0 saturated carbocycles. The number of thioether (sulfide) groups is 1. The van der Waals surface area contributed by atoms with Crippen LogP contribution < -0.4 is 0 Å². The summed E-state index contributed by atoms with van der Waals surface area (Å²) in [6.07, 6.45) is 3.50. The van der Waals surface area contributed by atoms with Crippen molar-refractivity contribution in [1.82, 2.24) is 19.7 Å². The van der Waals surface area contributed by atoms with Gasteiger partial charge in [-0.3, -0.25) is 9.55 Å².